The van der Waals surface area contributed by atoms with Crippen LogP contribution >= 0.6 is 15.9 Å². The molecule has 2 rings (SSSR count). The maximum absolute atomic E-state index is 11.6. The number of hydrogen-bond donors (Lipinski definition) is 3. The van der Waals surface area contributed by atoms with Crippen molar-refractivity contribution in [2.24, 2.45) is 5.73 Å². The Balaban J connectivity index is 2.38. The first-order valence-electron chi connectivity index (χ1n) is 6.60. The molecule has 1 heterocycles. The van der Waals surface area contributed by atoms with Gasteiger partial charge in [0.1, 0.15) is 6.04 Å². The molecule has 0 aliphatic carbocycles. The highest BCUT2D eigenvalue weighted by molar-refractivity contribution is 9.10. The lowest BCUT2D eigenvalue weighted by Crippen LogP contribution is -2.38. The highest BCUT2D eigenvalue weighted by Crippen LogP contribution is 2.38. The van der Waals surface area contributed by atoms with Crippen LogP contribution in [0.25, 0.3) is 0 Å². The molecule has 1 aliphatic heterocycles. The lowest BCUT2D eigenvalue weighted by Gasteiger charge is -2.31. The number of benzene rings is 1. The van der Waals surface area contributed by atoms with Gasteiger partial charge in [-0.3, -0.25) is 4.79 Å². The van der Waals surface area contributed by atoms with Crippen LogP contribution in [0.4, 0.5) is 11.4 Å². The molecule has 0 saturated carbocycles. The van der Waals surface area contributed by atoms with Crippen molar-refractivity contribution in [2.75, 3.05) is 23.3 Å². The molecular weight excluding hydrogens is 322 g/mol. The molecule has 0 radical (unpaired) electrons. The van der Waals surface area contributed by atoms with Crippen LogP contribution in [0.5, 0.6) is 0 Å². The molecule has 0 bridgehead atoms. The summed E-state index contributed by atoms with van der Waals surface area (Å²) in [6.45, 7) is 6.82. The van der Waals surface area contributed by atoms with Gasteiger partial charge < -0.3 is 21.1 Å². The number of nitrogens with zero attached hydrogens (tertiary/aromatic N) is 1. The van der Waals surface area contributed by atoms with Crippen LogP contribution in [0.15, 0.2) is 16.6 Å². The topological polar surface area (TPSA) is 78.6 Å². The van der Waals surface area contributed by atoms with Gasteiger partial charge in [0.05, 0.1) is 11.3 Å². The maximum Gasteiger partial charge on any atom is 0.245 e. The summed E-state index contributed by atoms with van der Waals surface area (Å²) < 4.78 is 0.870. The molecule has 1 unspecified atom stereocenters. The van der Waals surface area contributed by atoms with Gasteiger partial charge in [-0.2, -0.15) is 0 Å². The SMILES string of the molecule is CCN(CC(C)(C)O)c1cc2c(cc1Br)C(N)C(=O)N2. The summed E-state index contributed by atoms with van der Waals surface area (Å²) in [6.07, 6.45) is 0. The summed E-state index contributed by atoms with van der Waals surface area (Å²) in [4.78, 5) is 13.7. The summed E-state index contributed by atoms with van der Waals surface area (Å²) in [7, 11) is 0. The first-order chi connectivity index (χ1) is 9.23. The predicted molar refractivity (Wildman–Crippen MR) is 83.9 cm³/mol. The number of halogens is 1. The van der Waals surface area contributed by atoms with E-state index in [1.54, 1.807) is 13.8 Å². The molecule has 0 aromatic heterocycles. The Hall–Kier alpha value is -1.11. The van der Waals surface area contributed by atoms with Gasteiger partial charge in [0, 0.05) is 28.8 Å². The Labute approximate surface area is 127 Å². The summed E-state index contributed by atoms with van der Waals surface area (Å²) in [5, 5.41) is 12.8. The van der Waals surface area contributed by atoms with Crippen LogP contribution in [0.3, 0.4) is 0 Å². The fourth-order valence-electron chi connectivity index (χ4n) is 2.37. The average Bonchev–Trinajstić information content (AvgIpc) is 2.61. The smallest absolute Gasteiger partial charge is 0.245 e. The van der Waals surface area contributed by atoms with Crippen molar-refractivity contribution >= 4 is 33.2 Å². The molecule has 0 saturated heterocycles. The molecule has 5 nitrogen and oxygen atoms in total. The first kappa shape index (κ1) is 15.3. The lowest BCUT2D eigenvalue weighted by atomic mass is 10.1. The quantitative estimate of drug-likeness (QED) is 0.782. The zero-order valence-corrected chi connectivity index (χ0v) is 13.5. The number of nitrogens with two attached hydrogens (primary N) is 1. The Morgan fingerprint density at radius 3 is 2.70 bits per heavy atom. The average molecular weight is 342 g/mol. The second kappa shape index (κ2) is 5.35. The van der Waals surface area contributed by atoms with E-state index in [9.17, 15) is 9.90 Å². The fraction of sp³-hybridized carbons (Fsp3) is 0.500. The third kappa shape index (κ3) is 2.97. The highest BCUT2D eigenvalue weighted by Gasteiger charge is 2.29. The minimum atomic E-state index is -0.798. The van der Waals surface area contributed by atoms with Gasteiger partial charge >= 0.3 is 0 Å². The number of hydrogen-bond acceptors (Lipinski definition) is 4. The second-order valence-electron chi connectivity index (χ2n) is 5.68. The van der Waals surface area contributed by atoms with Gasteiger partial charge in [-0.25, -0.2) is 0 Å². The molecule has 1 atom stereocenters. The number of amides is 1. The second-order valence-corrected chi connectivity index (χ2v) is 6.54. The Morgan fingerprint density at radius 2 is 2.15 bits per heavy atom. The highest BCUT2D eigenvalue weighted by atomic mass is 79.9. The molecule has 1 aliphatic rings. The molecule has 0 fully saturated rings. The Morgan fingerprint density at radius 1 is 1.50 bits per heavy atom. The molecule has 1 amide bonds. The molecular formula is C14H20BrN3O2. The van der Waals surface area contributed by atoms with Gasteiger partial charge in [0.15, 0.2) is 0 Å². The van der Waals surface area contributed by atoms with E-state index in [2.05, 4.69) is 26.1 Å². The summed E-state index contributed by atoms with van der Waals surface area (Å²) >= 11 is 3.53. The molecule has 0 spiro atoms. The zero-order chi connectivity index (χ0) is 15.1. The third-order valence-electron chi connectivity index (χ3n) is 3.29. The number of carbonyl (C=O) groups excluding carboxylic acids is 1. The van der Waals surface area contributed by atoms with Gasteiger partial charge in [-0.15, -0.1) is 0 Å². The lowest BCUT2D eigenvalue weighted by molar-refractivity contribution is -0.116. The molecule has 20 heavy (non-hydrogen) atoms. The van der Waals surface area contributed by atoms with E-state index in [1.165, 1.54) is 0 Å². The summed E-state index contributed by atoms with van der Waals surface area (Å²) in [6, 6.07) is 3.17. The minimum absolute atomic E-state index is 0.186. The largest absolute Gasteiger partial charge is 0.389 e. The van der Waals surface area contributed by atoms with E-state index in [4.69, 9.17) is 5.73 Å². The van der Waals surface area contributed by atoms with E-state index in [-0.39, 0.29) is 5.91 Å². The van der Waals surface area contributed by atoms with Gasteiger partial charge in [-0.1, -0.05) is 0 Å². The molecule has 6 heteroatoms. The summed E-state index contributed by atoms with van der Waals surface area (Å²) in [5.41, 5.74) is 7.51. The van der Waals surface area contributed by atoms with Crippen molar-refractivity contribution in [3.05, 3.63) is 22.2 Å². The number of anilines is 2. The van der Waals surface area contributed by atoms with Crippen LogP contribution in [-0.2, 0) is 4.79 Å². The predicted octanol–water partition coefficient (Wildman–Crippen LogP) is 2.00. The molecule has 1 aromatic rings. The van der Waals surface area contributed by atoms with Crippen LogP contribution < -0.4 is 16.0 Å². The number of rotatable bonds is 4. The Kier molecular flexibility index (Phi) is 4.09. The zero-order valence-electron chi connectivity index (χ0n) is 11.9. The van der Waals surface area contributed by atoms with Crippen molar-refractivity contribution in [3.63, 3.8) is 0 Å². The van der Waals surface area contributed by atoms with E-state index in [1.807, 2.05) is 19.1 Å². The van der Waals surface area contributed by atoms with E-state index in [0.29, 0.717) is 6.54 Å². The van der Waals surface area contributed by atoms with Crippen molar-refractivity contribution < 1.29 is 9.90 Å². The van der Waals surface area contributed by atoms with Crippen LogP contribution in [0.1, 0.15) is 32.4 Å². The van der Waals surface area contributed by atoms with Gasteiger partial charge in [0.2, 0.25) is 5.91 Å². The van der Waals surface area contributed by atoms with Crippen molar-refractivity contribution in [1.82, 2.24) is 0 Å². The van der Waals surface area contributed by atoms with Gasteiger partial charge in [-0.05, 0) is 48.8 Å². The molecule has 1 aromatic carbocycles. The summed E-state index contributed by atoms with van der Waals surface area (Å²) in [5.74, 6) is -0.186. The number of fused-ring (bicyclic) bond motifs is 1. The Bertz CT molecular complexity index is 540. The van der Waals surface area contributed by atoms with Crippen molar-refractivity contribution in [1.29, 1.82) is 0 Å². The first-order valence-corrected chi connectivity index (χ1v) is 7.39. The monoisotopic (exact) mass is 341 g/mol. The van der Waals surface area contributed by atoms with Gasteiger partial charge in [0.25, 0.3) is 0 Å². The van der Waals surface area contributed by atoms with Crippen LogP contribution in [0.2, 0.25) is 0 Å². The van der Waals surface area contributed by atoms with E-state index < -0.39 is 11.6 Å². The number of carbonyl (C=O) groups is 1. The number of aliphatic hydroxyl groups is 1. The van der Waals surface area contributed by atoms with E-state index in [0.717, 1.165) is 28.0 Å². The fourth-order valence-corrected chi connectivity index (χ4v) is 2.98. The van der Waals surface area contributed by atoms with E-state index >= 15 is 0 Å². The normalized spacial score (nSPS) is 17.9. The number of likely N-dealkylation sites (N-methyl/N-ethyl adjacent to an activating group) is 1. The third-order valence-corrected chi connectivity index (χ3v) is 3.93. The van der Waals surface area contributed by atoms with Crippen molar-refractivity contribution in [2.45, 2.75) is 32.4 Å². The van der Waals surface area contributed by atoms with Crippen LogP contribution in [-0.4, -0.2) is 29.7 Å². The number of nitrogens with one attached hydrogen (secondary N) is 1. The molecule has 110 valence electrons. The minimum Gasteiger partial charge on any atom is -0.389 e. The molecule has 4 N–H and O–H groups in total. The standard InChI is InChI=1S/C14H20BrN3O2/c1-4-18(7-14(2,3)20)11-6-10-8(5-9(11)15)12(16)13(19)17-10/h5-6,12,20H,4,7,16H2,1-3H3,(H,17,19). The van der Waals surface area contributed by atoms with Crippen LogP contribution in [0, 0.1) is 0 Å². The van der Waals surface area contributed by atoms with Crippen molar-refractivity contribution in [3.8, 4) is 0 Å². The maximum atomic E-state index is 11.6.